The van der Waals surface area contributed by atoms with Crippen LogP contribution in [0.4, 0.5) is 0 Å². The smallest absolute Gasteiger partial charge is 0.307 e. The maximum atomic E-state index is 10.8. The molecule has 3 nitrogen and oxygen atoms in total. The second-order valence-electron chi connectivity index (χ2n) is 4.35. The average molecular weight is 227 g/mol. The summed E-state index contributed by atoms with van der Waals surface area (Å²) in [6.45, 7) is 10.0. The van der Waals surface area contributed by atoms with Gasteiger partial charge in [0.1, 0.15) is 0 Å². The standard InChI is InChI=1S/C13H25NO2/c1-4-6-7-8-10-14(9-5-2)11-12(3)13(15)16/h5,12H,2,4,6-11H2,1,3H3,(H,15,16). The highest BCUT2D eigenvalue weighted by Crippen LogP contribution is 2.05. The number of carbonyl (C=O) groups is 1. The lowest BCUT2D eigenvalue weighted by Gasteiger charge is -2.22. The molecule has 0 spiro atoms. The molecule has 1 unspecified atom stereocenters. The zero-order valence-corrected chi connectivity index (χ0v) is 10.6. The zero-order valence-electron chi connectivity index (χ0n) is 10.6. The molecule has 0 bridgehead atoms. The van der Waals surface area contributed by atoms with Crippen molar-refractivity contribution in [3.63, 3.8) is 0 Å². The summed E-state index contributed by atoms with van der Waals surface area (Å²) in [5.74, 6) is -1.02. The topological polar surface area (TPSA) is 40.5 Å². The Hall–Kier alpha value is -0.830. The molecule has 0 aliphatic carbocycles. The maximum absolute atomic E-state index is 10.8. The number of aliphatic carboxylic acids is 1. The summed E-state index contributed by atoms with van der Waals surface area (Å²) in [4.78, 5) is 12.9. The molecule has 3 heteroatoms. The first-order valence-electron chi connectivity index (χ1n) is 6.17. The third-order valence-electron chi connectivity index (χ3n) is 2.67. The van der Waals surface area contributed by atoms with Crippen LogP contribution in [0, 0.1) is 5.92 Å². The van der Waals surface area contributed by atoms with E-state index in [1.807, 2.05) is 6.08 Å². The van der Waals surface area contributed by atoms with E-state index >= 15 is 0 Å². The first-order chi connectivity index (χ1) is 7.61. The van der Waals surface area contributed by atoms with Crippen LogP contribution in [0.3, 0.4) is 0 Å². The van der Waals surface area contributed by atoms with Gasteiger partial charge in [-0.05, 0) is 13.0 Å². The van der Waals surface area contributed by atoms with E-state index in [2.05, 4.69) is 18.4 Å². The Morgan fingerprint density at radius 3 is 2.62 bits per heavy atom. The Balaban J connectivity index is 3.86. The van der Waals surface area contributed by atoms with Crippen LogP contribution in [0.2, 0.25) is 0 Å². The first kappa shape index (κ1) is 15.2. The lowest BCUT2D eigenvalue weighted by atomic mass is 10.1. The Labute approximate surface area is 99.1 Å². The SMILES string of the molecule is C=CCN(CCCCCC)CC(C)C(=O)O. The molecule has 16 heavy (non-hydrogen) atoms. The van der Waals surface area contributed by atoms with E-state index in [-0.39, 0.29) is 5.92 Å². The van der Waals surface area contributed by atoms with Gasteiger partial charge < -0.3 is 5.11 Å². The van der Waals surface area contributed by atoms with Crippen LogP contribution in [0.15, 0.2) is 12.7 Å². The van der Waals surface area contributed by atoms with E-state index < -0.39 is 5.97 Å². The van der Waals surface area contributed by atoms with Gasteiger partial charge in [0.2, 0.25) is 0 Å². The molecule has 0 aliphatic heterocycles. The molecule has 0 saturated carbocycles. The van der Waals surface area contributed by atoms with Crippen molar-refractivity contribution in [2.75, 3.05) is 19.6 Å². The summed E-state index contributed by atoms with van der Waals surface area (Å²) in [6.07, 6.45) is 6.71. The Morgan fingerprint density at radius 2 is 2.12 bits per heavy atom. The van der Waals surface area contributed by atoms with Crippen molar-refractivity contribution in [3.8, 4) is 0 Å². The molecule has 1 atom stereocenters. The molecular formula is C13H25NO2. The van der Waals surface area contributed by atoms with Crippen LogP contribution in [-0.4, -0.2) is 35.6 Å². The highest BCUT2D eigenvalue weighted by molar-refractivity contribution is 5.69. The monoisotopic (exact) mass is 227 g/mol. The van der Waals surface area contributed by atoms with Gasteiger partial charge in [0.05, 0.1) is 5.92 Å². The van der Waals surface area contributed by atoms with E-state index in [9.17, 15) is 4.79 Å². The van der Waals surface area contributed by atoms with Gasteiger partial charge in [-0.15, -0.1) is 6.58 Å². The average Bonchev–Trinajstić information content (AvgIpc) is 2.24. The molecule has 0 rings (SSSR count). The molecule has 1 N–H and O–H groups in total. The molecule has 0 aromatic carbocycles. The van der Waals surface area contributed by atoms with Gasteiger partial charge in [-0.1, -0.05) is 39.2 Å². The number of unbranched alkanes of at least 4 members (excludes halogenated alkanes) is 3. The van der Waals surface area contributed by atoms with Crippen LogP contribution in [-0.2, 0) is 4.79 Å². The lowest BCUT2D eigenvalue weighted by molar-refractivity contribution is -0.141. The van der Waals surface area contributed by atoms with Crippen molar-refractivity contribution in [2.45, 2.75) is 39.5 Å². The van der Waals surface area contributed by atoms with E-state index in [1.165, 1.54) is 19.3 Å². The number of carboxylic acid groups (broad SMARTS) is 1. The number of carboxylic acids is 1. The van der Waals surface area contributed by atoms with Gasteiger partial charge in [0, 0.05) is 13.1 Å². The van der Waals surface area contributed by atoms with Crippen molar-refractivity contribution in [1.29, 1.82) is 0 Å². The third kappa shape index (κ3) is 7.46. The molecule has 94 valence electrons. The van der Waals surface area contributed by atoms with Crippen molar-refractivity contribution in [3.05, 3.63) is 12.7 Å². The zero-order chi connectivity index (χ0) is 12.4. The second-order valence-corrected chi connectivity index (χ2v) is 4.35. The van der Waals surface area contributed by atoms with E-state index in [1.54, 1.807) is 6.92 Å². The highest BCUT2D eigenvalue weighted by atomic mass is 16.4. The summed E-state index contributed by atoms with van der Waals surface area (Å²) in [5.41, 5.74) is 0. The Kier molecular flexibility index (Phi) is 8.91. The molecule has 0 fully saturated rings. The maximum Gasteiger partial charge on any atom is 0.307 e. The molecule has 0 radical (unpaired) electrons. The predicted octanol–water partition coefficient (Wildman–Crippen LogP) is 2.78. The van der Waals surface area contributed by atoms with Crippen LogP contribution in [0.25, 0.3) is 0 Å². The summed E-state index contributed by atoms with van der Waals surface area (Å²) in [5, 5.41) is 8.86. The number of nitrogens with zero attached hydrogens (tertiary/aromatic N) is 1. The fourth-order valence-electron chi connectivity index (χ4n) is 1.67. The summed E-state index contributed by atoms with van der Waals surface area (Å²) < 4.78 is 0. The molecule has 0 amide bonds. The summed E-state index contributed by atoms with van der Waals surface area (Å²) in [7, 11) is 0. The largest absolute Gasteiger partial charge is 0.481 e. The number of rotatable bonds is 10. The van der Waals surface area contributed by atoms with Gasteiger partial charge in [0.25, 0.3) is 0 Å². The van der Waals surface area contributed by atoms with Gasteiger partial charge >= 0.3 is 5.97 Å². The van der Waals surface area contributed by atoms with E-state index in [0.29, 0.717) is 6.54 Å². The predicted molar refractivity (Wildman–Crippen MR) is 67.6 cm³/mol. The van der Waals surface area contributed by atoms with Crippen molar-refractivity contribution in [2.24, 2.45) is 5.92 Å². The van der Waals surface area contributed by atoms with Crippen LogP contribution < -0.4 is 0 Å². The minimum Gasteiger partial charge on any atom is -0.481 e. The van der Waals surface area contributed by atoms with Crippen molar-refractivity contribution < 1.29 is 9.90 Å². The number of hydrogen-bond donors (Lipinski definition) is 1. The van der Waals surface area contributed by atoms with Gasteiger partial charge in [-0.3, -0.25) is 9.69 Å². The molecule has 0 aromatic heterocycles. The molecule has 0 heterocycles. The molecular weight excluding hydrogens is 202 g/mol. The van der Waals surface area contributed by atoms with Crippen LogP contribution in [0.1, 0.15) is 39.5 Å². The number of hydrogen-bond acceptors (Lipinski definition) is 2. The fourth-order valence-corrected chi connectivity index (χ4v) is 1.67. The summed E-state index contributed by atoms with van der Waals surface area (Å²) >= 11 is 0. The van der Waals surface area contributed by atoms with Crippen LogP contribution >= 0.6 is 0 Å². The van der Waals surface area contributed by atoms with Crippen molar-refractivity contribution >= 4 is 5.97 Å². The molecule has 0 aromatic rings. The minimum absolute atomic E-state index is 0.300. The second kappa shape index (κ2) is 9.40. The third-order valence-corrected chi connectivity index (χ3v) is 2.67. The minimum atomic E-state index is -0.720. The normalized spacial score (nSPS) is 12.7. The summed E-state index contributed by atoms with van der Waals surface area (Å²) in [6, 6.07) is 0. The van der Waals surface area contributed by atoms with E-state index in [0.717, 1.165) is 19.5 Å². The molecule has 0 aliphatic rings. The molecule has 0 saturated heterocycles. The Bertz CT molecular complexity index is 204. The quantitative estimate of drug-likeness (QED) is 0.461. The first-order valence-corrected chi connectivity index (χ1v) is 6.17. The van der Waals surface area contributed by atoms with Gasteiger partial charge in [-0.25, -0.2) is 0 Å². The highest BCUT2D eigenvalue weighted by Gasteiger charge is 2.14. The van der Waals surface area contributed by atoms with Gasteiger partial charge in [-0.2, -0.15) is 0 Å². The van der Waals surface area contributed by atoms with E-state index in [4.69, 9.17) is 5.11 Å². The van der Waals surface area contributed by atoms with Crippen LogP contribution in [0.5, 0.6) is 0 Å². The fraction of sp³-hybridized carbons (Fsp3) is 0.769. The van der Waals surface area contributed by atoms with Crippen molar-refractivity contribution in [1.82, 2.24) is 4.90 Å². The van der Waals surface area contributed by atoms with Gasteiger partial charge in [0.15, 0.2) is 0 Å². The Morgan fingerprint density at radius 1 is 1.44 bits per heavy atom. The lowest BCUT2D eigenvalue weighted by Crippen LogP contribution is -2.32.